The Kier molecular flexibility index (Phi) is 3.03. The highest BCUT2D eigenvalue weighted by molar-refractivity contribution is 5.96. The largest absolute Gasteiger partial charge is 0.480 e. The predicted octanol–water partition coefficient (Wildman–Crippen LogP) is -0.528. The van der Waals surface area contributed by atoms with Crippen molar-refractivity contribution in [1.82, 2.24) is 19.9 Å². The van der Waals surface area contributed by atoms with Gasteiger partial charge in [-0.2, -0.15) is 4.98 Å². The van der Waals surface area contributed by atoms with Gasteiger partial charge in [0.25, 0.3) is 5.56 Å². The summed E-state index contributed by atoms with van der Waals surface area (Å²) >= 11 is 0. The van der Waals surface area contributed by atoms with E-state index in [1.807, 2.05) is 0 Å². The quantitative estimate of drug-likeness (QED) is 0.683. The van der Waals surface area contributed by atoms with Gasteiger partial charge in [0.2, 0.25) is 11.9 Å². The van der Waals surface area contributed by atoms with Crippen LogP contribution in [0.4, 0.5) is 5.95 Å². The van der Waals surface area contributed by atoms with Gasteiger partial charge >= 0.3 is 5.97 Å². The van der Waals surface area contributed by atoms with Crippen molar-refractivity contribution in [3.8, 4) is 0 Å². The second-order valence-corrected chi connectivity index (χ2v) is 3.89. The third-order valence-corrected chi connectivity index (χ3v) is 2.60. The molecular formula is C10H11N5O4. The molecule has 100 valence electrons. The van der Waals surface area contributed by atoms with Crippen LogP contribution < -0.4 is 10.5 Å². The molecule has 0 bridgehead atoms. The number of aromatic amines is 2. The lowest BCUT2D eigenvalue weighted by Gasteiger charge is -2.23. The molecule has 0 radical (unpaired) electrons. The highest BCUT2D eigenvalue weighted by atomic mass is 16.4. The van der Waals surface area contributed by atoms with Crippen LogP contribution in [0.25, 0.3) is 11.2 Å². The molecule has 19 heavy (non-hydrogen) atoms. The first-order valence-corrected chi connectivity index (χ1v) is 5.38. The van der Waals surface area contributed by atoms with Crippen molar-refractivity contribution in [2.75, 3.05) is 4.90 Å². The van der Waals surface area contributed by atoms with Gasteiger partial charge in [-0.1, -0.05) is 0 Å². The lowest BCUT2D eigenvalue weighted by molar-refractivity contribution is -0.139. The number of amides is 1. The lowest BCUT2D eigenvalue weighted by Crippen LogP contribution is -2.44. The Morgan fingerprint density at radius 3 is 2.74 bits per heavy atom. The molecule has 1 amide bonds. The summed E-state index contributed by atoms with van der Waals surface area (Å²) in [5.74, 6) is -1.90. The second kappa shape index (κ2) is 4.52. The van der Waals surface area contributed by atoms with Gasteiger partial charge in [-0.15, -0.1) is 0 Å². The molecule has 2 aromatic heterocycles. The molecule has 0 unspecified atom stereocenters. The minimum atomic E-state index is -1.21. The van der Waals surface area contributed by atoms with Crippen LogP contribution in [0, 0.1) is 0 Å². The number of aliphatic carboxylic acids is 1. The summed E-state index contributed by atoms with van der Waals surface area (Å²) in [6, 6.07) is -1.16. The van der Waals surface area contributed by atoms with Gasteiger partial charge in [0.1, 0.15) is 6.04 Å². The number of rotatable bonds is 3. The van der Waals surface area contributed by atoms with E-state index in [0.29, 0.717) is 0 Å². The number of hydrogen-bond donors (Lipinski definition) is 3. The fourth-order valence-corrected chi connectivity index (χ4v) is 1.66. The number of nitrogens with zero attached hydrogens (tertiary/aromatic N) is 3. The fraction of sp³-hybridized carbons (Fsp3) is 0.300. The molecule has 0 aliphatic heterocycles. The third-order valence-electron chi connectivity index (χ3n) is 2.60. The molecule has 2 rings (SSSR count). The van der Waals surface area contributed by atoms with E-state index in [2.05, 4.69) is 19.9 Å². The Hall–Kier alpha value is -2.71. The SMILES string of the molecule is CC(=O)N(c1nc2nc[nH]c2c(=O)[nH]1)[C@@H](C)C(=O)O. The molecule has 9 nitrogen and oxygen atoms in total. The molecule has 0 saturated carbocycles. The van der Waals surface area contributed by atoms with Gasteiger partial charge in [-0.05, 0) is 6.92 Å². The Bertz CT molecular complexity index is 703. The molecule has 1 atom stereocenters. The number of fused-ring (bicyclic) bond motifs is 1. The summed E-state index contributed by atoms with van der Waals surface area (Å²) in [6.45, 7) is 2.51. The average Bonchev–Trinajstić information content (AvgIpc) is 2.77. The van der Waals surface area contributed by atoms with Crippen LogP contribution in [0.5, 0.6) is 0 Å². The number of carbonyl (C=O) groups is 2. The number of H-pyrrole nitrogens is 2. The number of carboxylic acids is 1. The van der Waals surface area contributed by atoms with Crippen molar-refractivity contribution in [1.29, 1.82) is 0 Å². The number of imidazole rings is 1. The van der Waals surface area contributed by atoms with Crippen molar-refractivity contribution in [3.63, 3.8) is 0 Å². The van der Waals surface area contributed by atoms with Crippen LogP contribution in [-0.2, 0) is 9.59 Å². The number of anilines is 1. The van der Waals surface area contributed by atoms with E-state index < -0.39 is 23.5 Å². The summed E-state index contributed by atoms with van der Waals surface area (Å²) in [5.41, 5.74) is -0.251. The Morgan fingerprint density at radius 1 is 1.47 bits per heavy atom. The van der Waals surface area contributed by atoms with Crippen LogP contribution in [-0.4, -0.2) is 43.0 Å². The molecular weight excluding hydrogens is 254 g/mol. The smallest absolute Gasteiger partial charge is 0.326 e. The number of aromatic nitrogens is 4. The summed E-state index contributed by atoms with van der Waals surface area (Å²) in [4.78, 5) is 47.9. The average molecular weight is 265 g/mol. The van der Waals surface area contributed by atoms with Gasteiger partial charge in [-0.25, -0.2) is 9.78 Å². The maximum absolute atomic E-state index is 11.7. The van der Waals surface area contributed by atoms with Gasteiger partial charge in [0.15, 0.2) is 11.2 Å². The zero-order valence-corrected chi connectivity index (χ0v) is 10.2. The van der Waals surface area contributed by atoms with E-state index in [4.69, 9.17) is 5.11 Å². The van der Waals surface area contributed by atoms with Crippen molar-refractivity contribution < 1.29 is 14.7 Å². The highest BCUT2D eigenvalue weighted by Crippen LogP contribution is 2.12. The van der Waals surface area contributed by atoms with Crippen LogP contribution in [0.15, 0.2) is 11.1 Å². The summed E-state index contributed by atoms with van der Waals surface area (Å²) < 4.78 is 0. The van der Waals surface area contributed by atoms with Crippen LogP contribution in [0.1, 0.15) is 13.8 Å². The third kappa shape index (κ3) is 2.17. The molecule has 0 aromatic carbocycles. The summed E-state index contributed by atoms with van der Waals surface area (Å²) in [5, 5.41) is 8.97. The number of hydrogen-bond acceptors (Lipinski definition) is 5. The molecule has 0 aliphatic carbocycles. The Labute approximate surface area is 106 Å². The molecule has 2 heterocycles. The van der Waals surface area contributed by atoms with Gasteiger partial charge in [-0.3, -0.25) is 19.5 Å². The maximum Gasteiger partial charge on any atom is 0.326 e. The lowest BCUT2D eigenvalue weighted by atomic mass is 10.3. The fourth-order valence-electron chi connectivity index (χ4n) is 1.66. The maximum atomic E-state index is 11.7. The van der Waals surface area contributed by atoms with Crippen LogP contribution >= 0.6 is 0 Å². The van der Waals surface area contributed by atoms with Crippen molar-refractivity contribution in [2.45, 2.75) is 19.9 Å². The van der Waals surface area contributed by atoms with E-state index in [1.54, 1.807) is 0 Å². The highest BCUT2D eigenvalue weighted by Gasteiger charge is 2.27. The molecule has 9 heteroatoms. The number of nitrogens with one attached hydrogen (secondary N) is 2. The first kappa shape index (κ1) is 12.7. The van der Waals surface area contributed by atoms with Crippen molar-refractivity contribution in [2.24, 2.45) is 0 Å². The van der Waals surface area contributed by atoms with E-state index in [9.17, 15) is 14.4 Å². The second-order valence-electron chi connectivity index (χ2n) is 3.89. The molecule has 3 N–H and O–H groups in total. The van der Waals surface area contributed by atoms with Crippen LogP contribution in [0.2, 0.25) is 0 Å². The molecule has 0 fully saturated rings. The first-order valence-electron chi connectivity index (χ1n) is 5.38. The zero-order chi connectivity index (χ0) is 14.2. The molecule has 0 spiro atoms. The molecule has 2 aromatic rings. The normalized spacial score (nSPS) is 12.3. The van der Waals surface area contributed by atoms with E-state index >= 15 is 0 Å². The van der Waals surface area contributed by atoms with Gasteiger partial charge in [0.05, 0.1) is 6.33 Å². The minimum Gasteiger partial charge on any atom is -0.480 e. The molecule has 0 saturated heterocycles. The topological polar surface area (TPSA) is 132 Å². The van der Waals surface area contributed by atoms with Crippen LogP contribution in [0.3, 0.4) is 0 Å². The summed E-state index contributed by atoms with van der Waals surface area (Å²) in [7, 11) is 0. The van der Waals surface area contributed by atoms with Crippen molar-refractivity contribution >= 4 is 29.0 Å². The minimum absolute atomic E-state index is 0.114. The first-order chi connectivity index (χ1) is 8.91. The standard InChI is InChI=1S/C10H11N5O4/c1-4(9(18)19)15(5(2)16)10-13-7-6(8(17)14-10)11-3-12-7/h3-4H,1-2H3,(H,18,19)(H2,11,12,13,14,17)/t4-/m0/s1. The number of carbonyl (C=O) groups excluding carboxylic acids is 1. The Morgan fingerprint density at radius 2 is 2.16 bits per heavy atom. The molecule has 0 aliphatic rings. The van der Waals surface area contributed by atoms with Crippen molar-refractivity contribution in [3.05, 3.63) is 16.7 Å². The summed E-state index contributed by atoms with van der Waals surface area (Å²) in [6.07, 6.45) is 1.29. The predicted molar refractivity (Wildman–Crippen MR) is 64.8 cm³/mol. The zero-order valence-electron chi connectivity index (χ0n) is 10.2. The number of carboxylic acid groups (broad SMARTS) is 1. The monoisotopic (exact) mass is 265 g/mol. The van der Waals surface area contributed by atoms with Gasteiger partial charge in [0, 0.05) is 6.92 Å². The van der Waals surface area contributed by atoms with E-state index in [-0.39, 0.29) is 17.1 Å². The van der Waals surface area contributed by atoms with Gasteiger partial charge < -0.3 is 10.1 Å². The van der Waals surface area contributed by atoms with E-state index in [1.165, 1.54) is 20.2 Å². The van der Waals surface area contributed by atoms with E-state index in [0.717, 1.165) is 4.90 Å². The Balaban J connectivity index is 2.59.